The summed E-state index contributed by atoms with van der Waals surface area (Å²) in [6, 6.07) is 4.18. The summed E-state index contributed by atoms with van der Waals surface area (Å²) < 4.78 is 41.0. The van der Waals surface area contributed by atoms with Crippen molar-refractivity contribution in [2.24, 2.45) is 5.41 Å². The van der Waals surface area contributed by atoms with Gasteiger partial charge in [-0.1, -0.05) is 32.9 Å². The van der Waals surface area contributed by atoms with Crippen molar-refractivity contribution in [3.63, 3.8) is 0 Å². The van der Waals surface area contributed by atoms with E-state index >= 15 is 0 Å². The van der Waals surface area contributed by atoms with Crippen LogP contribution in [0.2, 0.25) is 0 Å². The predicted molar refractivity (Wildman–Crippen MR) is 101 cm³/mol. The van der Waals surface area contributed by atoms with E-state index in [2.05, 4.69) is 20.7 Å². The van der Waals surface area contributed by atoms with Gasteiger partial charge in [-0.05, 0) is 37.2 Å². The van der Waals surface area contributed by atoms with E-state index in [4.69, 9.17) is 0 Å². The quantitative estimate of drug-likeness (QED) is 0.685. The first-order valence-corrected chi connectivity index (χ1v) is 9.14. The zero-order valence-corrected chi connectivity index (χ0v) is 17.1. The number of nitrogens with zero attached hydrogens (tertiary/aromatic N) is 1. The van der Waals surface area contributed by atoms with E-state index in [0.29, 0.717) is 5.56 Å². The summed E-state index contributed by atoms with van der Waals surface area (Å²) in [4.78, 5) is 26.5. The molecule has 1 fully saturated rings. The highest BCUT2D eigenvalue weighted by Gasteiger charge is 2.35. The molecule has 7 nitrogen and oxygen atoms in total. The molecule has 3 N–H and O–H groups in total. The number of benzene rings is 1. The van der Waals surface area contributed by atoms with Crippen molar-refractivity contribution in [1.82, 2.24) is 20.9 Å². The van der Waals surface area contributed by atoms with Crippen LogP contribution in [0.1, 0.15) is 38.8 Å². The standard InChI is InChI=1S/C19H27F3N4O3/c1-18(2,3)15(11-6-8-12(9-7-11)29-19(20,21)22)25-16(28)13-10-14(27)24-17(23-13)26(4)5/h6-9,13,15,17,23H,10H2,1-5H3,(H,24,27)(H,25,28)/t13?,15-,17?/m0/s1. The molecule has 0 radical (unpaired) electrons. The Morgan fingerprint density at radius 2 is 1.79 bits per heavy atom. The van der Waals surface area contributed by atoms with Gasteiger partial charge in [-0.15, -0.1) is 13.2 Å². The number of hydrogen-bond donors (Lipinski definition) is 3. The molecule has 0 bridgehead atoms. The van der Waals surface area contributed by atoms with Crippen molar-refractivity contribution < 1.29 is 27.5 Å². The first-order valence-electron chi connectivity index (χ1n) is 9.14. The molecule has 10 heteroatoms. The van der Waals surface area contributed by atoms with Gasteiger partial charge in [0.15, 0.2) is 0 Å². The van der Waals surface area contributed by atoms with Gasteiger partial charge < -0.3 is 15.4 Å². The van der Waals surface area contributed by atoms with Crippen molar-refractivity contribution in [2.75, 3.05) is 14.1 Å². The number of halogens is 3. The highest BCUT2D eigenvalue weighted by atomic mass is 19.4. The fourth-order valence-corrected chi connectivity index (χ4v) is 3.04. The van der Waals surface area contributed by atoms with Crippen LogP contribution in [0.5, 0.6) is 5.75 Å². The second kappa shape index (κ2) is 8.58. The van der Waals surface area contributed by atoms with Crippen LogP contribution in [0.25, 0.3) is 0 Å². The molecule has 2 unspecified atom stereocenters. The number of carbonyl (C=O) groups is 2. The molecule has 0 spiro atoms. The van der Waals surface area contributed by atoms with Crippen LogP contribution in [0.4, 0.5) is 13.2 Å². The Kier molecular flexibility index (Phi) is 6.79. The Morgan fingerprint density at radius 3 is 2.28 bits per heavy atom. The Balaban J connectivity index is 2.17. The van der Waals surface area contributed by atoms with Gasteiger partial charge in [0.05, 0.1) is 18.5 Å². The number of carbonyl (C=O) groups excluding carboxylic acids is 2. The van der Waals surface area contributed by atoms with Crippen LogP contribution < -0.4 is 20.7 Å². The molecule has 0 saturated carbocycles. The number of nitrogens with one attached hydrogen (secondary N) is 3. The van der Waals surface area contributed by atoms with Gasteiger partial charge in [0.2, 0.25) is 11.8 Å². The first kappa shape index (κ1) is 23.0. The molecule has 1 aromatic carbocycles. The molecular formula is C19H27F3N4O3. The van der Waals surface area contributed by atoms with E-state index in [1.165, 1.54) is 24.3 Å². The molecule has 3 atom stereocenters. The Morgan fingerprint density at radius 1 is 1.21 bits per heavy atom. The summed E-state index contributed by atoms with van der Waals surface area (Å²) in [5.41, 5.74) is 0.199. The molecule has 2 rings (SSSR count). The lowest BCUT2D eigenvalue weighted by molar-refractivity contribution is -0.274. The van der Waals surface area contributed by atoms with Crippen LogP contribution >= 0.6 is 0 Å². The molecule has 1 saturated heterocycles. The number of ether oxygens (including phenoxy) is 1. The van der Waals surface area contributed by atoms with Crippen molar-refractivity contribution in [3.05, 3.63) is 29.8 Å². The average Bonchev–Trinajstić information content (AvgIpc) is 2.57. The third kappa shape index (κ3) is 6.60. The van der Waals surface area contributed by atoms with Gasteiger partial charge >= 0.3 is 6.36 Å². The van der Waals surface area contributed by atoms with Gasteiger partial charge in [-0.25, -0.2) is 0 Å². The molecule has 1 aliphatic rings. The van der Waals surface area contributed by atoms with Crippen LogP contribution in [0.3, 0.4) is 0 Å². The van der Waals surface area contributed by atoms with Crippen LogP contribution in [0.15, 0.2) is 24.3 Å². The predicted octanol–water partition coefficient (Wildman–Crippen LogP) is 2.11. The monoisotopic (exact) mass is 416 g/mol. The molecule has 2 amide bonds. The van der Waals surface area contributed by atoms with Crippen molar-refractivity contribution in [2.45, 2.75) is 51.9 Å². The van der Waals surface area contributed by atoms with E-state index in [1.807, 2.05) is 20.8 Å². The summed E-state index contributed by atoms with van der Waals surface area (Å²) in [7, 11) is 3.53. The molecule has 1 aliphatic heterocycles. The Hall–Kier alpha value is -2.33. The van der Waals surface area contributed by atoms with Gasteiger partial charge in [0.1, 0.15) is 12.0 Å². The number of hydrogen-bond acceptors (Lipinski definition) is 5. The van der Waals surface area contributed by atoms with Gasteiger partial charge in [0.25, 0.3) is 0 Å². The fraction of sp³-hybridized carbons (Fsp3) is 0.579. The maximum Gasteiger partial charge on any atom is 0.573 e. The van der Waals surface area contributed by atoms with E-state index in [9.17, 15) is 22.8 Å². The highest BCUT2D eigenvalue weighted by Crippen LogP contribution is 2.34. The molecular weight excluding hydrogens is 389 g/mol. The largest absolute Gasteiger partial charge is 0.573 e. The fourth-order valence-electron chi connectivity index (χ4n) is 3.04. The molecule has 1 aromatic rings. The van der Waals surface area contributed by atoms with Crippen LogP contribution in [-0.2, 0) is 9.59 Å². The van der Waals surface area contributed by atoms with Gasteiger partial charge in [-0.3, -0.25) is 19.8 Å². The molecule has 162 valence electrons. The normalized spacial score (nSPS) is 21.5. The minimum absolute atomic E-state index is 0.00854. The number of amides is 2. The van der Waals surface area contributed by atoms with E-state index in [-0.39, 0.29) is 24.0 Å². The summed E-state index contributed by atoms with van der Waals surface area (Å²) in [5, 5.41) is 8.72. The Labute approximate surface area is 168 Å². The molecule has 1 heterocycles. The van der Waals surface area contributed by atoms with E-state index in [1.54, 1.807) is 19.0 Å². The minimum Gasteiger partial charge on any atom is -0.406 e. The summed E-state index contributed by atoms with van der Waals surface area (Å²) in [5.74, 6) is -0.939. The summed E-state index contributed by atoms with van der Waals surface area (Å²) >= 11 is 0. The SMILES string of the molecule is CN(C)C1NC(=O)CC(C(=O)N[C@@H](c2ccc(OC(F)(F)F)cc2)C(C)(C)C)N1. The van der Waals surface area contributed by atoms with E-state index in [0.717, 1.165) is 0 Å². The topological polar surface area (TPSA) is 82.7 Å². The van der Waals surface area contributed by atoms with Crippen LogP contribution in [0, 0.1) is 5.41 Å². The second-order valence-electron chi connectivity index (χ2n) is 8.28. The highest BCUT2D eigenvalue weighted by molar-refractivity contribution is 5.89. The average molecular weight is 416 g/mol. The van der Waals surface area contributed by atoms with Crippen molar-refractivity contribution in [1.29, 1.82) is 0 Å². The zero-order chi connectivity index (χ0) is 22.0. The van der Waals surface area contributed by atoms with Crippen molar-refractivity contribution in [3.8, 4) is 5.75 Å². The van der Waals surface area contributed by atoms with Crippen LogP contribution in [-0.4, -0.2) is 49.5 Å². The van der Waals surface area contributed by atoms with E-state index < -0.39 is 30.2 Å². The lowest BCUT2D eigenvalue weighted by Gasteiger charge is -2.37. The van der Waals surface area contributed by atoms with Crippen molar-refractivity contribution >= 4 is 11.8 Å². The van der Waals surface area contributed by atoms with Gasteiger partial charge in [0, 0.05) is 0 Å². The lowest BCUT2D eigenvalue weighted by Crippen LogP contribution is -2.65. The third-order valence-electron chi connectivity index (χ3n) is 4.48. The number of alkyl halides is 3. The summed E-state index contributed by atoms with van der Waals surface area (Å²) in [6.45, 7) is 5.71. The second-order valence-corrected chi connectivity index (χ2v) is 8.28. The first-order chi connectivity index (χ1) is 13.3. The molecule has 0 aromatic heterocycles. The zero-order valence-electron chi connectivity index (χ0n) is 17.1. The lowest BCUT2D eigenvalue weighted by atomic mass is 9.82. The smallest absolute Gasteiger partial charge is 0.406 e. The maximum atomic E-state index is 12.9. The molecule has 0 aliphatic carbocycles. The maximum absolute atomic E-state index is 12.9. The summed E-state index contributed by atoms with van der Waals surface area (Å²) in [6.07, 6.45) is -5.25. The van der Waals surface area contributed by atoms with Gasteiger partial charge in [-0.2, -0.15) is 0 Å². The minimum atomic E-state index is -4.77. The third-order valence-corrected chi connectivity index (χ3v) is 4.48. The Bertz CT molecular complexity index is 730. The molecule has 29 heavy (non-hydrogen) atoms. The number of rotatable bonds is 5.